The van der Waals surface area contributed by atoms with Crippen LogP contribution in [-0.4, -0.2) is 64.5 Å². The second kappa shape index (κ2) is 15.8. The Morgan fingerprint density at radius 1 is 1.02 bits per heavy atom. The van der Waals surface area contributed by atoms with Crippen LogP contribution >= 0.6 is 67.7 Å². The van der Waals surface area contributed by atoms with Gasteiger partial charge in [-0.25, -0.2) is 9.78 Å². The minimum atomic E-state index is -4.48. The van der Waals surface area contributed by atoms with Crippen molar-refractivity contribution in [2.75, 3.05) is 13.2 Å². The Morgan fingerprint density at radius 3 is 2.37 bits per heavy atom. The first kappa shape index (κ1) is 37.1. The first-order valence-corrected chi connectivity index (χ1v) is 19.7. The van der Waals surface area contributed by atoms with E-state index < -0.39 is 67.8 Å². The summed E-state index contributed by atoms with van der Waals surface area (Å²) in [4.78, 5) is 45.6. The van der Waals surface area contributed by atoms with Crippen LogP contribution in [0.4, 0.5) is 0 Å². The Hall–Kier alpha value is -3.18. The van der Waals surface area contributed by atoms with Crippen LogP contribution in [0.15, 0.2) is 99.6 Å². The van der Waals surface area contributed by atoms with Gasteiger partial charge in [-0.15, -0.1) is 11.3 Å². The molecule has 0 bridgehead atoms. The summed E-state index contributed by atoms with van der Waals surface area (Å²) in [5.41, 5.74) is 1.01. The third-order valence-electron chi connectivity index (χ3n) is 6.64. The predicted molar refractivity (Wildman–Crippen MR) is 191 cm³/mol. The molecule has 0 saturated carbocycles. The number of alkyl halides is 3. The number of rotatable bonds is 13. The van der Waals surface area contributed by atoms with Crippen LogP contribution in [0.25, 0.3) is 10.2 Å². The summed E-state index contributed by atoms with van der Waals surface area (Å²) >= 11 is 18.8. The van der Waals surface area contributed by atoms with Gasteiger partial charge < -0.3 is 19.0 Å². The Labute approximate surface area is 308 Å². The zero-order valence-electron chi connectivity index (χ0n) is 25.5. The summed E-state index contributed by atoms with van der Waals surface area (Å²) < 4.78 is 42.1. The quantitative estimate of drug-likeness (QED) is 0.0296. The Balaban J connectivity index is 1.46. The van der Waals surface area contributed by atoms with Crippen molar-refractivity contribution in [3.63, 3.8) is 0 Å². The van der Waals surface area contributed by atoms with Crippen LogP contribution in [0.3, 0.4) is 0 Å². The molecule has 3 aromatic carbocycles. The number of aromatic nitrogens is 1. The fourth-order valence-corrected chi connectivity index (χ4v) is 9.43. The largest absolute Gasteiger partial charge is 0.484 e. The molecule has 0 aliphatic carbocycles. The molecule has 1 N–H and O–H groups in total. The average Bonchev–Trinajstić information content (AvgIpc) is 3.48. The highest BCUT2D eigenvalue weighted by Crippen LogP contribution is 2.46. The number of esters is 1. The number of thiazole rings is 1. The maximum absolute atomic E-state index is 13.8. The Kier molecular flexibility index (Phi) is 12.0. The topological polar surface area (TPSA) is 141 Å². The van der Waals surface area contributed by atoms with Gasteiger partial charge in [0.25, 0.3) is 11.8 Å². The second-order valence-corrected chi connectivity index (χ2v) is 18.0. The number of fused-ring (bicyclic) bond motifs is 1. The van der Waals surface area contributed by atoms with Crippen molar-refractivity contribution < 1.29 is 36.5 Å². The minimum Gasteiger partial charge on any atom is -0.484 e. The standard InChI is InChI=1S/C31H26Cl3N3O8S4/c1-18-12-14-21(15-13-18)49(41,42)45-19(2)26(29(40)44-17-31(32,33)34)37-27(39)25(36-24(38)16-43-20-8-4-3-5-9-20)28(37)47-48-30-35-22-10-6-7-11-23(22)46-30/h3-15,25,28H,16-17H2,1-2H3,(H,36,38)/b26-19-. The summed E-state index contributed by atoms with van der Waals surface area (Å²) in [7, 11) is -2.18. The maximum atomic E-state index is 13.8. The smallest absolute Gasteiger partial charge is 0.358 e. The number of halogens is 3. The normalized spacial score (nSPS) is 16.8. The number of allylic oxidation sites excluding steroid dienone is 1. The average molecular weight is 803 g/mol. The summed E-state index contributed by atoms with van der Waals surface area (Å²) in [6.45, 7) is 1.84. The SMILES string of the molecule is C/C(OS(=O)(=O)c1ccc(C)cc1)=C(\C(=O)OCC(Cl)(Cl)Cl)N1C(=O)C(NC(=O)COc2ccccc2)C1SSc1nc2ccccc2s1. The molecule has 49 heavy (non-hydrogen) atoms. The summed E-state index contributed by atoms with van der Waals surface area (Å²) in [6.07, 6.45) is 0. The lowest BCUT2D eigenvalue weighted by Crippen LogP contribution is -2.69. The molecule has 2 atom stereocenters. The van der Waals surface area contributed by atoms with Crippen LogP contribution in [0.5, 0.6) is 5.75 Å². The van der Waals surface area contributed by atoms with Crippen molar-refractivity contribution in [3.05, 3.63) is 95.9 Å². The van der Waals surface area contributed by atoms with Gasteiger partial charge in [0.1, 0.15) is 34.4 Å². The van der Waals surface area contributed by atoms with Gasteiger partial charge in [0.05, 0.1) is 10.2 Å². The summed E-state index contributed by atoms with van der Waals surface area (Å²) in [5.74, 6) is -2.62. The lowest BCUT2D eigenvalue weighted by Gasteiger charge is -2.46. The fraction of sp³-hybridized carbons (Fsp3) is 0.226. The molecule has 258 valence electrons. The van der Waals surface area contributed by atoms with E-state index in [0.29, 0.717) is 10.1 Å². The number of nitrogens with one attached hydrogen (secondary N) is 1. The van der Waals surface area contributed by atoms with Gasteiger partial charge in [0.15, 0.2) is 16.6 Å². The van der Waals surface area contributed by atoms with E-state index in [1.54, 1.807) is 49.4 Å². The van der Waals surface area contributed by atoms with Gasteiger partial charge >= 0.3 is 16.1 Å². The van der Waals surface area contributed by atoms with E-state index in [9.17, 15) is 22.8 Å². The number of hydrogen-bond acceptors (Lipinski definition) is 12. The highest BCUT2D eigenvalue weighted by atomic mass is 35.6. The van der Waals surface area contributed by atoms with E-state index in [-0.39, 0.29) is 4.90 Å². The number of β-lactam (4-membered cyclic amide) rings is 1. The number of amides is 2. The molecule has 4 aromatic rings. The van der Waals surface area contributed by atoms with E-state index in [1.165, 1.54) is 41.2 Å². The fourth-order valence-electron chi connectivity index (χ4n) is 4.38. The van der Waals surface area contributed by atoms with Gasteiger partial charge in [-0.05, 0) is 61.0 Å². The van der Waals surface area contributed by atoms with E-state index >= 15 is 0 Å². The lowest BCUT2D eigenvalue weighted by molar-refractivity contribution is -0.153. The molecule has 2 amide bonds. The minimum absolute atomic E-state index is 0.192. The lowest BCUT2D eigenvalue weighted by atomic mass is 10.1. The van der Waals surface area contributed by atoms with Gasteiger partial charge in [-0.1, -0.05) is 93.6 Å². The second-order valence-electron chi connectivity index (χ2n) is 10.3. The highest BCUT2D eigenvalue weighted by molar-refractivity contribution is 8.77. The number of nitrogens with zero attached hydrogens (tertiary/aromatic N) is 2. The molecular formula is C31H26Cl3N3O8S4. The van der Waals surface area contributed by atoms with E-state index in [0.717, 1.165) is 31.5 Å². The molecule has 5 rings (SSSR count). The van der Waals surface area contributed by atoms with Crippen LogP contribution in [0, 0.1) is 6.92 Å². The van der Waals surface area contributed by atoms with Crippen LogP contribution in [0.1, 0.15) is 12.5 Å². The third kappa shape index (κ3) is 9.54. The molecule has 18 heteroatoms. The van der Waals surface area contributed by atoms with Crippen molar-refractivity contribution in [2.24, 2.45) is 0 Å². The number of benzene rings is 3. The molecule has 11 nitrogen and oxygen atoms in total. The van der Waals surface area contributed by atoms with Crippen LogP contribution in [0.2, 0.25) is 0 Å². The monoisotopic (exact) mass is 801 g/mol. The van der Waals surface area contributed by atoms with E-state index in [4.69, 9.17) is 48.5 Å². The van der Waals surface area contributed by atoms with Crippen LogP contribution in [-0.2, 0) is 33.4 Å². The Bertz CT molecular complexity index is 1960. The molecule has 2 unspecified atom stereocenters. The molecule has 0 radical (unpaired) electrons. The predicted octanol–water partition coefficient (Wildman–Crippen LogP) is 6.63. The van der Waals surface area contributed by atoms with Gasteiger partial charge in [-0.2, -0.15) is 8.42 Å². The molecule has 2 heterocycles. The molecule has 1 aromatic heterocycles. The first-order chi connectivity index (χ1) is 23.2. The number of likely N-dealkylation sites (tertiary alicyclic amines) is 1. The van der Waals surface area contributed by atoms with Crippen molar-refractivity contribution in [1.82, 2.24) is 15.2 Å². The zero-order chi connectivity index (χ0) is 35.3. The van der Waals surface area contributed by atoms with Crippen molar-refractivity contribution in [2.45, 2.75) is 38.3 Å². The molecule has 0 spiro atoms. The summed E-state index contributed by atoms with van der Waals surface area (Å²) in [6, 6.07) is 20.8. The number of para-hydroxylation sites is 2. The van der Waals surface area contributed by atoms with E-state index in [1.807, 2.05) is 24.3 Å². The van der Waals surface area contributed by atoms with Crippen molar-refractivity contribution in [3.8, 4) is 5.75 Å². The summed E-state index contributed by atoms with van der Waals surface area (Å²) in [5, 5.41) is 1.66. The van der Waals surface area contributed by atoms with E-state index in [2.05, 4.69) is 10.3 Å². The zero-order valence-corrected chi connectivity index (χ0v) is 31.0. The number of ether oxygens (including phenoxy) is 2. The maximum Gasteiger partial charge on any atom is 0.358 e. The third-order valence-corrected chi connectivity index (χ3v) is 12.3. The van der Waals surface area contributed by atoms with Crippen molar-refractivity contribution in [1.29, 1.82) is 0 Å². The first-order valence-electron chi connectivity index (χ1n) is 14.2. The molecule has 1 aliphatic heterocycles. The number of aryl methyl sites for hydroxylation is 1. The van der Waals surface area contributed by atoms with Gasteiger partial charge in [-0.3, -0.25) is 14.5 Å². The van der Waals surface area contributed by atoms with Crippen LogP contribution < -0.4 is 10.1 Å². The molecule has 1 saturated heterocycles. The number of carbonyl (C=O) groups is 3. The van der Waals surface area contributed by atoms with Gasteiger partial charge in [0, 0.05) is 0 Å². The Morgan fingerprint density at radius 2 is 1.69 bits per heavy atom. The van der Waals surface area contributed by atoms with Crippen molar-refractivity contribution >= 4 is 106 Å². The number of hydrogen-bond donors (Lipinski definition) is 1. The van der Waals surface area contributed by atoms with Gasteiger partial charge in [0.2, 0.25) is 3.79 Å². The molecule has 1 fully saturated rings. The highest BCUT2D eigenvalue weighted by Gasteiger charge is 2.53. The molecule has 1 aliphatic rings. The number of carbonyl (C=O) groups excluding carboxylic acids is 3. The molecular weight excluding hydrogens is 777 g/mol.